The van der Waals surface area contributed by atoms with E-state index in [1.807, 2.05) is 24.3 Å². The van der Waals surface area contributed by atoms with Crippen molar-refractivity contribution < 1.29 is 9.53 Å². The fourth-order valence-electron chi connectivity index (χ4n) is 3.65. The average Bonchev–Trinajstić information content (AvgIpc) is 2.99. The molecule has 102 valence electrons. The van der Waals surface area contributed by atoms with E-state index in [1.165, 1.54) is 6.42 Å². The zero-order valence-electron chi connectivity index (χ0n) is 11.1. The van der Waals surface area contributed by atoms with Crippen LogP contribution in [0.2, 0.25) is 0 Å². The largest absolute Gasteiger partial charge is 0.497 e. The van der Waals surface area contributed by atoms with Crippen molar-refractivity contribution in [3.63, 3.8) is 0 Å². The van der Waals surface area contributed by atoms with Gasteiger partial charge < -0.3 is 15.8 Å². The van der Waals surface area contributed by atoms with Crippen LogP contribution < -0.4 is 15.8 Å². The molecule has 0 radical (unpaired) electrons. The Kier molecular flexibility index (Phi) is 3.19. The van der Waals surface area contributed by atoms with E-state index in [0.717, 1.165) is 24.3 Å². The third-order valence-corrected chi connectivity index (χ3v) is 4.62. The van der Waals surface area contributed by atoms with Crippen molar-refractivity contribution in [1.82, 2.24) is 0 Å². The zero-order valence-corrected chi connectivity index (χ0v) is 11.1. The van der Waals surface area contributed by atoms with Crippen molar-refractivity contribution >= 4 is 11.6 Å². The number of methoxy groups -OCH3 is 1. The maximum Gasteiger partial charge on any atom is 0.229 e. The summed E-state index contributed by atoms with van der Waals surface area (Å²) in [6, 6.07) is 7.47. The second kappa shape index (κ2) is 4.85. The van der Waals surface area contributed by atoms with Gasteiger partial charge in [0.2, 0.25) is 5.91 Å². The van der Waals surface area contributed by atoms with Gasteiger partial charge in [-0.2, -0.15) is 0 Å². The maximum absolute atomic E-state index is 12.4. The molecular formula is C15H20N2O2. The number of nitrogens with one attached hydrogen (secondary N) is 1. The fourth-order valence-corrected chi connectivity index (χ4v) is 3.65. The van der Waals surface area contributed by atoms with Crippen LogP contribution in [0, 0.1) is 17.8 Å². The molecule has 4 nitrogen and oxygen atoms in total. The molecule has 2 bridgehead atoms. The van der Waals surface area contributed by atoms with Crippen LogP contribution in [0.3, 0.4) is 0 Å². The minimum Gasteiger partial charge on any atom is -0.497 e. The van der Waals surface area contributed by atoms with Gasteiger partial charge in [-0.05, 0) is 43.2 Å². The van der Waals surface area contributed by atoms with E-state index in [0.29, 0.717) is 11.8 Å². The van der Waals surface area contributed by atoms with Crippen molar-refractivity contribution in [2.45, 2.75) is 25.3 Å². The van der Waals surface area contributed by atoms with Crippen molar-refractivity contribution in [3.05, 3.63) is 24.3 Å². The molecule has 0 aromatic heterocycles. The Labute approximate surface area is 113 Å². The normalized spacial score (nSPS) is 32.3. The van der Waals surface area contributed by atoms with E-state index < -0.39 is 0 Å². The topological polar surface area (TPSA) is 64.3 Å². The van der Waals surface area contributed by atoms with Gasteiger partial charge in [0.05, 0.1) is 13.0 Å². The zero-order chi connectivity index (χ0) is 13.4. The van der Waals surface area contributed by atoms with Gasteiger partial charge in [-0.15, -0.1) is 0 Å². The summed E-state index contributed by atoms with van der Waals surface area (Å²) >= 11 is 0. The Morgan fingerprint density at radius 3 is 2.84 bits per heavy atom. The number of carbonyl (C=O) groups is 1. The van der Waals surface area contributed by atoms with Crippen LogP contribution >= 0.6 is 0 Å². The molecule has 19 heavy (non-hydrogen) atoms. The van der Waals surface area contributed by atoms with Gasteiger partial charge in [0.15, 0.2) is 0 Å². The van der Waals surface area contributed by atoms with Gasteiger partial charge in [-0.3, -0.25) is 4.79 Å². The van der Waals surface area contributed by atoms with E-state index in [-0.39, 0.29) is 17.9 Å². The highest BCUT2D eigenvalue weighted by molar-refractivity contribution is 5.93. The number of carbonyl (C=O) groups excluding carboxylic acids is 1. The number of hydrogen-bond donors (Lipinski definition) is 2. The molecule has 1 aromatic carbocycles. The lowest BCUT2D eigenvalue weighted by molar-refractivity contribution is -0.121. The van der Waals surface area contributed by atoms with Gasteiger partial charge in [0.1, 0.15) is 5.75 Å². The first-order chi connectivity index (χ1) is 9.19. The minimum atomic E-state index is -0.0232. The molecule has 4 atom stereocenters. The molecule has 4 heteroatoms. The van der Waals surface area contributed by atoms with Gasteiger partial charge in [-0.25, -0.2) is 0 Å². The Morgan fingerprint density at radius 1 is 1.37 bits per heavy atom. The molecule has 2 aliphatic rings. The Bertz CT molecular complexity index is 487. The van der Waals surface area contributed by atoms with Crippen LogP contribution in [-0.2, 0) is 4.79 Å². The highest BCUT2D eigenvalue weighted by Crippen LogP contribution is 2.47. The summed E-state index contributed by atoms with van der Waals surface area (Å²) in [5.41, 5.74) is 6.97. The molecule has 0 heterocycles. The first kappa shape index (κ1) is 12.5. The third-order valence-electron chi connectivity index (χ3n) is 4.62. The molecule has 0 aliphatic heterocycles. The highest BCUT2D eigenvalue weighted by atomic mass is 16.5. The lowest BCUT2D eigenvalue weighted by Crippen LogP contribution is -2.42. The number of amides is 1. The number of benzene rings is 1. The first-order valence-electron chi connectivity index (χ1n) is 6.89. The van der Waals surface area contributed by atoms with E-state index in [1.54, 1.807) is 7.11 Å². The number of rotatable bonds is 3. The summed E-state index contributed by atoms with van der Waals surface area (Å²) in [6.45, 7) is 0. The van der Waals surface area contributed by atoms with E-state index >= 15 is 0 Å². The molecule has 2 aliphatic carbocycles. The quantitative estimate of drug-likeness (QED) is 0.873. The maximum atomic E-state index is 12.4. The van der Waals surface area contributed by atoms with Crippen molar-refractivity contribution in [1.29, 1.82) is 0 Å². The van der Waals surface area contributed by atoms with Gasteiger partial charge in [0, 0.05) is 17.8 Å². The molecule has 2 saturated carbocycles. The molecule has 1 aromatic rings. The second-order valence-corrected chi connectivity index (χ2v) is 5.66. The minimum absolute atomic E-state index is 0.0232. The number of hydrogen-bond acceptors (Lipinski definition) is 3. The van der Waals surface area contributed by atoms with Crippen LogP contribution in [0.25, 0.3) is 0 Å². The highest BCUT2D eigenvalue weighted by Gasteiger charge is 2.49. The number of fused-ring (bicyclic) bond motifs is 2. The summed E-state index contributed by atoms with van der Waals surface area (Å²) in [4.78, 5) is 12.4. The Balaban J connectivity index is 1.71. The van der Waals surface area contributed by atoms with Gasteiger partial charge in [-0.1, -0.05) is 6.07 Å². The average molecular weight is 260 g/mol. The van der Waals surface area contributed by atoms with Gasteiger partial charge >= 0.3 is 0 Å². The summed E-state index contributed by atoms with van der Waals surface area (Å²) in [7, 11) is 1.62. The number of nitrogens with two attached hydrogens (primary N) is 1. The lowest BCUT2D eigenvalue weighted by atomic mass is 9.84. The third kappa shape index (κ3) is 2.21. The molecule has 1 amide bonds. The monoisotopic (exact) mass is 260 g/mol. The smallest absolute Gasteiger partial charge is 0.229 e. The summed E-state index contributed by atoms with van der Waals surface area (Å²) in [5, 5.41) is 2.97. The fraction of sp³-hybridized carbons (Fsp3) is 0.533. The van der Waals surface area contributed by atoms with Crippen LogP contribution in [0.5, 0.6) is 5.75 Å². The van der Waals surface area contributed by atoms with Crippen LogP contribution in [0.1, 0.15) is 19.3 Å². The van der Waals surface area contributed by atoms with E-state index in [9.17, 15) is 4.79 Å². The van der Waals surface area contributed by atoms with Crippen LogP contribution in [-0.4, -0.2) is 19.1 Å². The molecule has 4 unspecified atom stereocenters. The standard InChI is InChI=1S/C15H20N2O2/c1-19-12-4-2-3-11(8-12)17-15(18)13-9-5-6-10(7-9)14(13)16/h2-4,8-10,13-14H,5-7,16H2,1H3,(H,17,18). The summed E-state index contributed by atoms with van der Waals surface area (Å²) in [5.74, 6) is 1.81. The number of ether oxygens (including phenoxy) is 1. The predicted octanol–water partition coefficient (Wildman–Crippen LogP) is 2.01. The van der Waals surface area contributed by atoms with Crippen molar-refractivity contribution in [2.24, 2.45) is 23.5 Å². The SMILES string of the molecule is COc1cccc(NC(=O)C2C3CCC(C3)C2N)c1. The predicted molar refractivity (Wildman–Crippen MR) is 73.9 cm³/mol. The first-order valence-corrected chi connectivity index (χ1v) is 6.89. The van der Waals surface area contributed by atoms with E-state index in [2.05, 4.69) is 5.32 Å². The molecule has 0 spiro atoms. The molecule has 3 N–H and O–H groups in total. The second-order valence-electron chi connectivity index (χ2n) is 5.66. The van der Waals surface area contributed by atoms with Gasteiger partial charge in [0.25, 0.3) is 0 Å². The van der Waals surface area contributed by atoms with Crippen LogP contribution in [0.4, 0.5) is 5.69 Å². The van der Waals surface area contributed by atoms with Crippen molar-refractivity contribution in [3.8, 4) is 5.75 Å². The molecule has 3 rings (SSSR count). The Morgan fingerprint density at radius 2 is 2.16 bits per heavy atom. The summed E-state index contributed by atoms with van der Waals surface area (Å²) in [6.07, 6.45) is 3.46. The molecular weight excluding hydrogens is 240 g/mol. The summed E-state index contributed by atoms with van der Waals surface area (Å²) < 4.78 is 5.16. The van der Waals surface area contributed by atoms with Crippen molar-refractivity contribution in [2.75, 3.05) is 12.4 Å². The van der Waals surface area contributed by atoms with E-state index in [4.69, 9.17) is 10.5 Å². The lowest BCUT2D eigenvalue weighted by Gasteiger charge is -2.27. The van der Waals surface area contributed by atoms with Crippen LogP contribution in [0.15, 0.2) is 24.3 Å². The Hall–Kier alpha value is -1.55. The molecule has 2 fully saturated rings. The number of anilines is 1. The molecule has 0 saturated heterocycles.